The summed E-state index contributed by atoms with van der Waals surface area (Å²) < 4.78 is 2.14. The highest BCUT2D eigenvalue weighted by Crippen LogP contribution is 2.16. The molecule has 0 aromatic carbocycles. The quantitative estimate of drug-likeness (QED) is 0.738. The van der Waals surface area contributed by atoms with Gasteiger partial charge in [0.1, 0.15) is 0 Å². The monoisotopic (exact) mass is 247 g/mol. The second-order valence-corrected chi connectivity index (χ2v) is 4.76. The molecule has 3 rings (SSSR count). The third-order valence-electron chi connectivity index (χ3n) is 2.73. The van der Waals surface area contributed by atoms with Crippen molar-refractivity contribution in [3.8, 4) is 0 Å². The van der Waals surface area contributed by atoms with Crippen molar-refractivity contribution in [2.75, 3.05) is 0 Å². The fraction of sp³-hybridized carbons (Fsp3) is 0.273. The van der Waals surface area contributed by atoms with E-state index in [9.17, 15) is 0 Å². The highest BCUT2D eigenvalue weighted by molar-refractivity contribution is 7.15. The molecular formula is C11H13N5S. The van der Waals surface area contributed by atoms with E-state index in [4.69, 9.17) is 0 Å². The van der Waals surface area contributed by atoms with Crippen LogP contribution in [0.15, 0.2) is 23.8 Å². The standard InChI is InChI=1S/C11H13N5S/c1-8-10(16-4-5-17-11(16)14-8)7-12-6-9-2-3-13-15-9/h2-5,12H,6-7H2,1H3,(H,13,15). The van der Waals surface area contributed by atoms with Crippen molar-refractivity contribution in [3.63, 3.8) is 0 Å². The van der Waals surface area contributed by atoms with E-state index in [2.05, 4.69) is 36.5 Å². The number of aromatic nitrogens is 4. The van der Waals surface area contributed by atoms with Crippen LogP contribution in [-0.2, 0) is 13.1 Å². The van der Waals surface area contributed by atoms with Gasteiger partial charge < -0.3 is 5.32 Å². The van der Waals surface area contributed by atoms with Crippen molar-refractivity contribution in [2.45, 2.75) is 20.0 Å². The Morgan fingerprint density at radius 1 is 1.47 bits per heavy atom. The molecule has 0 aliphatic heterocycles. The van der Waals surface area contributed by atoms with Gasteiger partial charge in [-0.1, -0.05) is 0 Å². The van der Waals surface area contributed by atoms with Crippen molar-refractivity contribution < 1.29 is 0 Å². The van der Waals surface area contributed by atoms with Gasteiger partial charge in [0.05, 0.1) is 11.4 Å². The Morgan fingerprint density at radius 2 is 2.41 bits per heavy atom. The molecule has 5 nitrogen and oxygen atoms in total. The van der Waals surface area contributed by atoms with Crippen LogP contribution in [-0.4, -0.2) is 19.6 Å². The Kier molecular flexibility index (Phi) is 2.66. The van der Waals surface area contributed by atoms with Crippen molar-refractivity contribution in [3.05, 3.63) is 40.9 Å². The first-order valence-electron chi connectivity index (χ1n) is 5.44. The van der Waals surface area contributed by atoms with E-state index in [1.807, 2.05) is 13.0 Å². The molecule has 0 fully saturated rings. The number of hydrogen-bond acceptors (Lipinski definition) is 4. The zero-order valence-corrected chi connectivity index (χ0v) is 10.3. The van der Waals surface area contributed by atoms with Gasteiger partial charge in [-0.15, -0.1) is 11.3 Å². The summed E-state index contributed by atoms with van der Waals surface area (Å²) in [5.74, 6) is 0. The number of fused-ring (bicyclic) bond motifs is 1. The molecule has 17 heavy (non-hydrogen) atoms. The molecule has 0 aliphatic carbocycles. The van der Waals surface area contributed by atoms with Crippen LogP contribution in [0.5, 0.6) is 0 Å². The van der Waals surface area contributed by atoms with Gasteiger partial charge in [0.2, 0.25) is 0 Å². The minimum absolute atomic E-state index is 0.789. The van der Waals surface area contributed by atoms with E-state index in [0.717, 1.165) is 29.4 Å². The van der Waals surface area contributed by atoms with Crippen LogP contribution in [0.1, 0.15) is 17.1 Å². The summed E-state index contributed by atoms with van der Waals surface area (Å²) in [5.41, 5.74) is 3.41. The van der Waals surface area contributed by atoms with Crippen LogP contribution in [0.2, 0.25) is 0 Å². The van der Waals surface area contributed by atoms with Crippen molar-refractivity contribution in [1.29, 1.82) is 0 Å². The average Bonchev–Trinajstić information content (AvgIpc) is 2.98. The van der Waals surface area contributed by atoms with Gasteiger partial charge in [0.25, 0.3) is 0 Å². The van der Waals surface area contributed by atoms with E-state index < -0.39 is 0 Å². The normalized spacial score (nSPS) is 11.4. The highest BCUT2D eigenvalue weighted by Gasteiger charge is 2.08. The fourth-order valence-corrected chi connectivity index (χ4v) is 2.63. The van der Waals surface area contributed by atoms with E-state index in [1.165, 1.54) is 5.69 Å². The number of thiazole rings is 1. The Bertz CT molecular complexity index is 607. The van der Waals surface area contributed by atoms with Gasteiger partial charge in [0.15, 0.2) is 4.96 Å². The summed E-state index contributed by atoms with van der Waals surface area (Å²) in [4.78, 5) is 5.57. The Morgan fingerprint density at radius 3 is 3.24 bits per heavy atom. The molecule has 0 spiro atoms. The SMILES string of the molecule is Cc1nc2sccn2c1CNCc1ccn[nH]1. The number of aromatic amines is 1. The molecule has 0 saturated carbocycles. The van der Waals surface area contributed by atoms with E-state index in [0.29, 0.717) is 0 Å². The molecule has 3 aromatic heterocycles. The summed E-state index contributed by atoms with van der Waals surface area (Å²) in [6.45, 7) is 3.65. The first-order chi connectivity index (χ1) is 8.34. The lowest BCUT2D eigenvalue weighted by Crippen LogP contribution is -2.14. The first-order valence-corrected chi connectivity index (χ1v) is 6.32. The van der Waals surface area contributed by atoms with Gasteiger partial charge in [-0.3, -0.25) is 9.50 Å². The predicted molar refractivity (Wildman–Crippen MR) is 66.9 cm³/mol. The van der Waals surface area contributed by atoms with Gasteiger partial charge in [-0.05, 0) is 13.0 Å². The smallest absolute Gasteiger partial charge is 0.194 e. The number of nitrogens with one attached hydrogen (secondary N) is 2. The average molecular weight is 247 g/mol. The second kappa shape index (κ2) is 4.31. The minimum Gasteiger partial charge on any atom is -0.306 e. The molecule has 88 valence electrons. The molecule has 2 N–H and O–H groups in total. The lowest BCUT2D eigenvalue weighted by molar-refractivity contribution is 0.659. The zero-order valence-electron chi connectivity index (χ0n) is 9.47. The number of imidazole rings is 1. The summed E-state index contributed by atoms with van der Waals surface area (Å²) in [6.07, 6.45) is 3.82. The lowest BCUT2D eigenvalue weighted by Gasteiger charge is -2.03. The Labute approximate surface area is 103 Å². The number of aryl methyl sites for hydroxylation is 1. The zero-order chi connectivity index (χ0) is 11.7. The van der Waals surface area contributed by atoms with E-state index in [-0.39, 0.29) is 0 Å². The summed E-state index contributed by atoms with van der Waals surface area (Å²) in [6, 6.07) is 1.97. The van der Waals surface area contributed by atoms with Crippen molar-refractivity contribution in [2.24, 2.45) is 0 Å². The third kappa shape index (κ3) is 1.96. The second-order valence-electron chi connectivity index (χ2n) is 3.88. The first kappa shape index (κ1) is 10.5. The van der Waals surface area contributed by atoms with Crippen molar-refractivity contribution >= 4 is 16.3 Å². The van der Waals surface area contributed by atoms with Crippen LogP contribution in [0.25, 0.3) is 4.96 Å². The summed E-state index contributed by atoms with van der Waals surface area (Å²) in [5, 5.41) is 12.3. The third-order valence-corrected chi connectivity index (χ3v) is 3.48. The fourth-order valence-electron chi connectivity index (χ4n) is 1.85. The van der Waals surface area contributed by atoms with Crippen LogP contribution in [0, 0.1) is 6.92 Å². The predicted octanol–water partition coefficient (Wildman–Crippen LogP) is 1.72. The van der Waals surface area contributed by atoms with Crippen LogP contribution >= 0.6 is 11.3 Å². The summed E-state index contributed by atoms with van der Waals surface area (Å²) in [7, 11) is 0. The number of rotatable bonds is 4. The molecule has 0 saturated heterocycles. The molecule has 3 aromatic rings. The van der Waals surface area contributed by atoms with Crippen LogP contribution < -0.4 is 5.32 Å². The maximum absolute atomic E-state index is 4.51. The Hall–Kier alpha value is -1.66. The number of H-pyrrole nitrogens is 1. The van der Waals surface area contributed by atoms with E-state index >= 15 is 0 Å². The molecule has 0 bridgehead atoms. The van der Waals surface area contributed by atoms with Crippen LogP contribution in [0.4, 0.5) is 0 Å². The molecule has 6 heteroatoms. The highest BCUT2D eigenvalue weighted by atomic mass is 32.1. The van der Waals surface area contributed by atoms with Crippen molar-refractivity contribution in [1.82, 2.24) is 24.9 Å². The Balaban J connectivity index is 1.72. The largest absolute Gasteiger partial charge is 0.306 e. The summed E-state index contributed by atoms with van der Waals surface area (Å²) >= 11 is 1.66. The molecule has 0 unspecified atom stereocenters. The van der Waals surface area contributed by atoms with Gasteiger partial charge >= 0.3 is 0 Å². The molecule has 0 amide bonds. The topological polar surface area (TPSA) is 58.0 Å². The number of hydrogen-bond donors (Lipinski definition) is 2. The molecule has 0 aliphatic rings. The maximum Gasteiger partial charge on any atom is 0.194 e. The van der Waals surface area contributed by atoms with E-state index in [1.54, 1.807) is 17.5 Å². The lowest BCUT2D eigenvalue weighted by atomic mass is 10.3. The van der Waals surface area contributed by atoms with Gasteiger partial charge in [-0.2, -0.15) is 5.10 Å². The molecule has 3 heterocycles. The van der Waals surface area contributed by atoms with Crippen LogP contribution in [0.3, 0.4) is 0 Å². The number of nitrogens with zero attached hydrogens (tertiary/aromatic N) is 3. The maximum atomic E-state index is 4.51. The molecular weight excluding hydrogens is 234 g/mol. The minimum atomic E-state index is 0.789. The molecule has 0 atom stereocenters. The van der Waals surface area contributed by atoms with Gasteiger partial charge in [0, 0.05) is 36.6 Å². The molecule has 0 radical (unpaired) electrons. The van der Waals surface area contributed by atoms with Gasteiger partial charge in [-0.25, -0.2) is 4.98 Å².